The van der Waals surface area contributed by atoms with E-state index in [2.05, 4.69) is 19.1 Å². The van der Waals surface area contributed by atoms with E-state index in [1.165, 1.54) is 12.5 Å². The predicted molar refractivity (Wildman–Crippen MR) is 112 cm³/mol. The Morgan fingerprint density at radius 1 is 1.10 bits per heavy atom. The number of quaternary nitrogens is 1. The van der Waals surface area contributed by atoms with Gasteiger partial charge >= 0.3 is 11.8 Å². The zero-order valence-electron chi connectivity index (χ0n) is 17.3. The van der Waals surface area contributed by atoms with Gasteiger partial charge in [0.05, 0.1) is 12.1 Å². The molecule has 2 amide bonds. The lowest BCUT2D eigenvalue weighted by Gasteiger charge is -2.38. The molecule has 30 heavy (non-hydrogen) atoms. The highest BCUT2D eigenvalue weighted by atomic mass is 16.5. The van der Waals surface area contributed by atoms with E-state index in [0.29, 0.717) is 12.0 Å². The number of aliphatic hydroxyl groups excluding tert-OH is 2. The van der Waals surface area contributed by atoms with Crippen molar-refractivity contribution in [3.63, 3.8) is 0 Å². The molecule has 1 saturated heterocycles. The highest BCUT2D eigenvalue weighted by Crippen LogP contribution is 2.30. The molecule has 1 unspecified atom stereocenters. The van der Waals surface area contributed by atoms with E-state index in [0.717, 1.165) is 17.5 Å². The maximum Gasteiger partial charge on any atom is 0.346 e. The number of carbonyl (C=O) groups excluding carboxylic acids is 2. The van der Waals surface area contributed by atoms with Crippen molar-refractivity contribution in [2.75, 3.05) is 13.1 Å². The molecule has 0 spiro atoms. The number of hydrogen-bond donors (Lipinski definition) is 4. The molecule has 0 aliphatic carbocycles. The van der Waals surface area contributed by atoms with Crippen LogP contribution in [0.3, 0.4) is 0 Å². The molecule has 1 aliphatic heterocycles. The number of likely N-dealkylation sites (tertiary alicyclic amines) is 1. The van der Waals surface area contributed by atoms with E-state index in [-0.39, 0.29) is 19.0 Å². The number of rotatable bonds is 6. The van der Waals surface area contributed by atoms with Crippen LogP contribution in [-0.4, -0.2) is 63.1 Å². The smallest absolute Gasteiger partial charge is 0.346 e. The largest absolute Gasteiger partial charge is 0.387 e. The lowest BCUT2D eigenvalue weighted by molar-refractivity contribution is -0.858. The van der Waals surface area contributed by atoms with Crippen LogP contribution in [0.25, 0.3) is 11.1 Å². The van der Waals surface area contributed by atoms with Gasteiger partial charge in [0.15, 0.2) is 0 Å². The van der Waals surface area contributed by atoms with Gasteiger partial charge in [-0.3, -0.25) is 10.0 Å². The summed E-state index contributed by atoms with van der Waals surface area (Å²) in [5.74, 6) is -1.21. The van der Waals surface area contributed by atoms with E-state index >= 15 is 0 Å². The Morgan fingerprint density at radius 3 is 2.10 bits per heavy atom. The quantitative estimate of drug-likeness (QED) is 0.329. The van der Waals surface area contributed by atoms with Crippen LogP contribution in [-0.2, 0) is 11.2 Å². The second kappa shape index (κ2) is 9.06. The molecule has 0 saturated carbocycles. The minimum Gasteiger partial charge on any atom is -0.387 e. The van der Waals surface area contributed by atoms with Crippen LogP contribution in [0.2, 0.25) is 0 Å². The Morgan fingerprint density at radius 2 is 1.67 bits per heavy atom. The lowest BCUT2D eigenvalue weighted by Crippen LogP contribution is -2.66. The van der Waals surface area contributed by atoms with Gasteiger partial charge in [-0.1, -0.05) is 43.3 Å². The van der Waals surface area contributed by atoms with Gasteiger partial charge in [-0.05, 0) is 42.2 Å². The molecule has 1 fully saturated rings. The zero-order valence-corrected chi connectivity index (χ0v) is 17.3. The molecule has 3 rings (SSSR count). The topological polar surface area (TPSA) is 107 Å². The van der Waals surface area contributed by atoms with Crippen LogP contribution in [0, 0.1) is 0 Å². The number of hydrogen-bond acceptors (Lipinski definition) is 5. The molecule has 1 heterocycles. The van der Waals surface area contributed by atoms with Gasteiger partial charge < -0.3 is 10.2 Å². The zero-order chi connectivity index (χ0) is 21.9. The number of benzene rings is 2. The number of aryl methyl sites for hydroxylation is 1. The van der Waals surface area contributed by atoms with Crippen molar-refractivity contribution >= 4 is 11.8 Å². The summed E-state index contributed by atoms with van der Waals surface area (Å²) in [5.41, 5.74) is 5.19. The van der Waals surface area contributed by atoms with Crippen LogP contribution in [0.4, 0.5) is 0 Å². The van der Waals surface area contributed by atoms with Gasteiger partial charge in [0.1, 0.15) is 18.8 Å². The van der Waals surface area contributed by atoms with Crippen molar-refractivity contribution in [3.8, 4) is 11.1 Å². The fourth-order valence-corrected chi connectivity index (χ4v) is 4.42. The van der Waals surface area contributed by atoms with Crippen LogP contribution in [0.1, 0.15) is 36.2 Å². The van der Waals surface area contributed by atoms with Gasteiger partial charge in [-0.2, -0.15) is 0 Å². The Kier molecular flexibility index (Phi) is 6.67. The summed E-state index contributed by atoms with van der Waals surface area (Å²) in [6.07, 6.45) is -0.665. The second-order valence-corrected chi connectivity index (χ2v) is 7.98. The fraction of sp³-hybridized carbons (Fsp3) is 0.391. The number of aliphatic hydroxyl groups is 2. The average Bonchev–Trinajstić information content (AvgIpc) is 3.15. The van der Waals surface area contributed by atoms with Crippen LogP contribution in [0.5, 0.6) is 0 Å². The Balaban J connectivity index is 1.94. The first-order chi connectivity index (χ1) is 14.3. The summed E-state index contributed by atoms with van der Waals surface area (Å²) < 4.78 is -0.435. The molecule has 1 aliphatic rings. The third kappa shape index (κ3) is 4.15. The summed E-state index contributed by atoms with van der Waals surface area (Å²) >= 11 is 0. The Hall–Kier alpha value is -2.58. The summed E-state index contributed by atoms with van der Waals surface area (Å²) in [6.45, 7) is 3.70. The second-order valence-electron chi connectivity index (χ2n) is 7.98. The molecule has 2 aromatic carbocycles. The van der Waals surface area contributed by atoms with Gasteiger partial charge in [-0.15, -0.1) is 0 Å². The molecular weight excluding hydrogens is 384 g/mol. The molecule has 4 atom stereocenters. The van der Waals surface area contributed by atoms with Gasteiger partial charge in [-0.25, -0.2) is 14.8 Å². The summed E-state index contributed by atoms with van der Waals surface area (Å²) in [7, 11) is 0. The number of nitrogens with one attached hydrogen (secondary N) is 1. The molecule has 0 aromatic heterocycles. The summed E-state index contributed by atoms with van der Waals surface area (Å²) in [5, 5.41) is 29.5. The highest BCUT2D eigenvalue weighted by Gasteiger charge is 2.55. The van der Waals surface area contributed by atoms with Crippen molar-refractivity contribution in [2.24, 2.45) is 0 Å². The minimum atomic E-state index is -1.22. The van der Waals surface area contributed by atoms with Crippen molar-refractivity contribution in [3.05, 3.63) is 59.7 Å². The van der Waals surface area contributed by atoms with E-state index in [9.17, 15) is 19.8 Å². The summed E-state index contributed by atoms with van der Waals surface area (Å²) in [6, 6.07) is 14.1. The first-order valence-corrected chi connectivity index (χ1v) is 10.2. The lowest BCUT2D eigenvalue weighted by atomic mass is 10.00. The number of carbonyl (C=O) groups is 2. The van der Waals surface area contributed by atoms with Crippen LogP contribution < -0.4 is 5.48 Å². The number of amides is 2. The third-order valence-corrected chi connectivity index (χ3v) is 6.00. The minimum absolute atomic E-state index is 0.00204. The molecular formula is C23H29N2O5+. The SMILES string of the molecule is CCc1ccc(-c2ccc(C(=O)[N+]3([C@H](C(=O)NO)[C@@H](C)O)CC[C@@H](O)C3)cc2)cc1. The van der Waals surface area contributed by atoms with Crippen molar-refractivity contribution in [1.82, 2.24) is 5.48 Å². The van der Waals surface area contributed by atoms with E-state index in [4.69, 9.17) is 5.21 Å². The van der Waals surface area contributed by atoms with Gasteiger partial charge in [0.25, 0.3) is 0 Å². The Labute approximate surface area is 176 Å². The molecule has 160 valence electrons. The van der Waals surface area contributed by atoms with Crippen LogP contribution in [0.15, 0.2) is 48.5 Å². The molecule has 7 nitrogen and oxygen atoms in total. The van der Waals surface area contributed by atoms with Crippen molar-refractivity contribution in [1.29, 1.82) is 0 Å². The van der Waals surface area contributed by atoms with E-state index < -0.39 is 28.6 Å². The van der Waals surface area contributed by atoms with Crippen LogP contribution >= 0.6 is 0 Å². The van der Waals surface area contributed by atoms with Gasteiger partial charge in [0.2, 0.25) is 6.04 Å². The third-order valence-electron chi connectivity index (χ3n) is 6.00. The molecule has 2 aromatic rings. The average molecular weight is 413 g/mol. The first kappa shape index (κ1) is 22.1. The standard InChI is InChI=1S/C23H28N2O5/c1-3-16-4-6-17(7-5-16)18-8-10-19(11-9-18)23(29)25(13-12-20(27)14-25)21(15(2)26)22(28)24-30/h4-11,15,20-21,26-27H,3,12-14H2,1-2H3,(H-,24,28,30)/p+1/t15-,20-,21+,25?/m1/s1. The van der Waals surface area contributed by atoms with E-state index in [1.54, 1.807) is 17.6 Å². The molecule has 0 bridgehead atoms. The molecule has 0 radical (unpaired) electrons. The number of hydroxylamine groups is 1. The first-order valence-electron chi connectivity index (χ1n) is 10.2. The highest BCUT2D eigenvalue weighted by molar-refractivity contribution is 5.92. The maximum atomic E-state index is 13.5. The normalized spacial score (nSPS) is 23.0. The van der Waals surface area contributed by atoms with Gasteiger partial charge in [0, 0.05) is 6.42 Å². The maximum absolute atomic E-state index is 13.5. The molecule has 7 heteroatoms. The van der Waals surface area contributed by atoms with E-state index in [1.807, 2.05) is 24.3 Å². The monoisotopic (exact) mass is 413 g/mol. The number of nitrogens with zero attached hydrogens (tertiary/aromatic N) is 1. The predicted octanol–water partition coefficient (Wildman–Crippen LogP) is 1.89. The Bertz CT molecular complexity index is 895. The van der Waals surface area contributed by atoms with Crippen molar-refractivity contribution < 1.29 is 29.5 Å². The van der Waals surface area contributed by atoms with Crippen molar-refractivity contribution in [2.45, 2.75) is 44.9 Å². The fourth-order valence-electron chi connectivity index (χ4n) is 4.42. The molecule has 4 N–H and O–H groups in total. The summed E-state index contributed by atoms with van der Waals surface area (Å²) in [4.78, 5) is 25.8.